The first kappa shape index (κ1) is 19.4. The molecular formula is C26H30O. The molecule has 3 aromatic carbocycles. The number of benzene rings is 3. The van der Waals surface area contributed by atoms with Crippen molar-refractivity contribution in [3.05, 3.63) is 107 Å². The smallest absolute Gasteiger partial charge is 0.0719 e. The summed E-state index contributed by atoms with van der Waals surface area (Å²) in [6.07, 6.45) is 0. The van der Waals surface area contributed by atoms with Gasteiger partial charge in [-0.05, 0) is 29.2 Å². The van der Waals surface area contributed by atoms with E-state index in [-0.39, 0.29) is 10.8 Å². The van der Waals surface area contributed by atoms with Crippen LogP contribution < -0.4 is 0 Å². The van der Waals surface area contributed by atoms with Crippen molar-refractivity contribution in [2.75, 3.05) is 6.61 Å². The van der Waals surface area contributed by atoms with Crippen molar-refractivity contribution in [1.29, 1.82) is 0 Å². The molecule has 0 aliphatic rings. The first-order valence-electron chi connectivity index (χ1n) is 9.68. The molecule has 140 valence electrons. The molecule has 0 unspecified atom stereocenters. The van der Waals surface area contributed by atoms with Crippen molar-refractivity contribution in [2.45, 2.75) is 39.7 Å². The summed E-state index contributed by atoms with van der Waals surface area (Å²) in [5.74, 6) is 0. The van der Waals surface area contributed by atoms with Gasteiger partial charge in [-0.3, -0.25) is 0 Å². The molecule has 0 amide bonds. The molecule has 0 aromatic heterocycles. The highest BCUT2D eigenvalue weighted by Crippen LogP contribution is 2.47. The standard InChI is InChI=1S/C26H30O/c1-21-13-11-12-14-22(21)19-27-20-25(2,3)26(4,23-15-7-5-8-16-23)24-17-9-6-10-18-24/h5-18H,19-20H2,1-4H3. The fourth-order valence-corrected chi connectivity index (χ4v) is 3.82. The lowest BCUT2D eigenvalue weighted by Crippen LogP contribution is -2.43. The van der Waals surface area contributed by atoms with Crippen LogP contribution in [0, 0.1) is 12.3 Å². The quantitative estimate of drug-likeness (QED) is 0.466. The van der Waals surface area contributed by atoms with Gasteiger partial charge in [-0.25, -0.2) is 0 Å². The van der Waals surface area contributed by atoms with Crippen molar-refractivity contribution in [2.24, 2.45) is 5.41 Å². The van der Waals surface area contributed by atoms with Gasteiger partial charge in [0.15, 0.2) is 0 Å². The van der Waals surface area contributed by atoms with Crippen molar-refractivity contribution in [3.8, 4) is 0 Å². The maximum absolute atomic E-state index is 6.25. The zero-order chi connectivity index (χ0) is 19.3. The van der Waals surface area contributed by atoms with E-state index in [9.17, 15) is 0 Å². The lowest BCUT2D eigenvalue weighted by Gasteiger charge is -2.45. The van der Waals surface area contributed by atoms with E-state index >= 15 is 0 Å². The highest BCUT2D eigenvalue weighted by Gasteiger charge is 2.43. The normalized spacial score (nSPS) is 12.1. The number of ether oxygens (including phenoxy) is 1. The second-order valence-electron chi connectivity index (χ2n) is 8.16. The Morgan fingerprint density at radius 3 is 1.67 bits per heavy atom. The fraction of sp³-hybridized carbons (Fsp3) is 0.308. The molecule has 0 saturated carbocycles. The number of rotatable bonds is 7. The molecule has 0 bridgehead atoms. The van der Waals surface area contributed by atoms with E-state index in [0.29, 0.717) is 13.2 Å². The lowest BCUT2D eigenvalue weighted by atomic mass is 9.60. The van der Waals surface area contributed by atoms with Crippen LogP contribution in [0.15, 0.2) is 84.9 Å². The Kier molecular flexibility index (Phi) is 5.82. The van der Waals surface area contributed by atoms with Crippen LogP contribution in [0.1, 0.15) is 43.0 Å². The highest BCUT2D eigenvalue weighted by atomic mass is 16.5. The van der Waals surface area contributed by atoms with E-state index in [1.807, 2.05) is 0 Å². The summed E-state index contributed by atoms with van der Waals surface area (Å²) in [6.45, 7) is 10.4. The second-order valence-corrected chi connectivity index (χ2v) is 8.16. The van der Waals surface area contributed by atoms with E-state index in [2.05, 4.69) is 113 Å². The molecule has 1 nitrogen and oxygen atoms in total. The zero-order valence-corrected chi connectivity index (χ0v) is 16.9. The van der Waals surface area contributed by atoms with Gasteiger partial charge in [-0.15, -0.1) is 0 Å². The molecule has 0 saturated heterocycles. The third-order valence-corrected chi connectivity index (χ3v) is 6.04. The summed E-state index contributed by atoms with van der Waals surface area (Å²) in [6, 6.07) is 30.0. The van der Waals surface area contributed by atoms with E-state index in [0.717, 1.165) is 0 Å². The van der Waals surface area contributed by atoms with Crippen molar-refractivity contribution in [1.82, 2.24) is 0 Å². The Hall–Kier alpha value is -2.38. The van der Waals surface area contributed by atoms with Crippen LogP contribution in [0.2, 0.25) is 0 Å². The number of hydrogen-bond acceptors (Lipinski definition) is 1. The van der Waals surface area contributed by atoms with Crippen LogP contribution in [0.5, 0.6) is 0 Å². The van der Waals surface area contributed by atoms with Crippen LogP contribution >= 0.6 is 0 Å². The minimum Gasteiger partial charge on any atom is -0.376 e. The molecule has 1 heteroatoms. The van der Waals surface area contributed by atoms with Crippen LogP contribution in [-0.4, -0.2) is 6.61 Å². The number of hydrogen-bond donors (Lipinski definition) is 0. The van der Waals surface area contributed by atoms with Crippen molar-refractivity contribution < 1.29 is 4.74 Å². The molecule has 0 atom stereocenters. The minimum atomic E-state index is -0.152. The molecule has 0 radical (unpaired) electrons. The summed E-state index contributed by atoms with van der Waals surface area (Å²) in [5, 5.41) is 0. The third-order valence-electron chi connectivity index (χ3n) is 6.04. The molecule has 27 heavy (non-hydrogen) atoms. The Labute approximate surface area is 164 Å². The van der Waals surface area contributed by atoms with Crippen LogP contribution in [-0.2, 0) is 16.8 Å². The Bertz CT molecular complexity index is 810. The van der Waals surface area contributed by atoms with Gasteiger partial charge >= 0.3 is 0 Å². The molecule has 0 fully saturated rings. The molecule has 3 rings (SSSR count). The SMILES string of the molecule is Cc1ccccc1COCC(C)(C)C(C)(c1ccccc1)c1ccccc1. The van der Waals surface area contributed by atoms with Crippen molar-refractivity contribution >= 4 is 0 Å². The largest absolute Gasteiger partial charge is 0.376 e. The maximum atomic E-state index is 6.25. The van der Waals surface area contributed by atoms with Crippen LogP contribution in [0.4, 0.5) is 0 Å². The van der Waals surface area contributed by atoms with Crippen molar-refractivity contribution in [3.63, 3.8) is 0 Å². The van der Waals surface area contributed by atoms with Gasteiger partial charge in [-0.2, -0.15) is 0 Å². The molecule has 3 aromatic rings. The van der Waals surface area contributed by atoms with Gasteiger partial charge in [0.25, 0.3) is 0 Å². The average Bonchev–Trinajstić information content (AvgIpc) is 2.70. The molecule has 0 aliphatic heterocycles. The van der Waals surface area contributed by atoms with E-state index in [4.69, 9.17) is 4.74 Å². The second kappa shape index (κ2) is 8.10. The minimum absolute atomic E-state index is 0.0849. The van der Waals surface area contributed by atoms with Crippen LogP contribution in [0.3, 0.4) is 0 Å². The first-order chi connectivity index (χ1) is 12.9. The highest BCUT2D eigenvalue weighted by molar-refractivity contribution is 5.41. The van der Waals surface area contributed by atoms with Gasteiger partial charge < -0.3 is 4.74 Å². The topological polar surface area (TPSA) is 9.23 Å². The molecule has 0 N–H and O–H groups in total. The third kappa shape index (κ3) is 3.99. The van der Waals surface area contributed by atoms with E-state index < -0.39 is 0 Å². The molecular weight excluding hydrogens is 328 g/mol. The first-order valence-corrected chi connectivity index (χ1v) is 9.68. The maximum Gasteiger partial charge on any atom is 0.0719 e. The summed E-state index contributed by atoms with van der Waals surface area (Å²) < 4.78 is 6.25. The fourth-order valence-electron chi connectivity index (χ4n) is 3.82. The predicted molar refractivity (Wildman–Crippen MR) is 114 cm³/mol. The predicted octanol–water partition coefficient (Wildman–Crippen LogP) is 6.54. The average molecular weight is 359 g/mol. The Balaban J connectivity index is 1.88. The van der Waals surface area contributed by atoms with Crippen LogP contribution in [0.25, 0.3) is 0 Å². The monoisotopic (exact) mass is 358 g/mol. The summed E-state index contributed by atoms with van der Waals surface area (Å²) in [7, 11) is 0. The van der Waals surface area contributed by atoms with E-state index in [1.165, 1.54) is 22.3 Å². The van der Waals surface area contributed by atoms with Gasteiger partial charge in [0.05, 0.1) is 13.2 Å². The van der Waals surface area contributed by atoms with E-state index in [1.54, 1.807) is 0 Å². The molecule has 0 spiro atoms. The lowest BCUT2D eigenvalue weighted by molar-refractivity contribution is 0.0204. The number of aryl methyl sites for hydroxylation is 1. The van der Waals surface area contributed by atoms with Gasteiger partial charge in [-0.1, -0.05) is 106 Å². The van der Waals surface area contributed by atoms with Gasteiger partial charge in [0.1, 0.15) is 0 Å². The zero-order valence-electron chi connectivity index (χ0n) is 16.9. The molecule has 0 heterocycles. The summed E-state index contributed by atoms with van der Waals surface area (Å²) >= 11 is 0. The van der Waals surface area contributed by atoms with Gasteiger partial charge in [0.2, 0.25) is 0 Å². The Morgan fingerprint density at radius 2 is 1.15 bits per heavy atom. The summed E-state index contributed by atoms with van der Waals surface area (Å²) in [5.41, 5.74) is 4.94. The summed E-state index contributed by atoms with van der Waals surface area (Å²) in [4.78, 5) is 0. The Morgan fingerprint density at radius 1 is 0.667 bits per heavy atom. The molecule has 0 aliphatic carbocycles. The van der Waals surface area contributed by atoms with Gasteiger partial charge in [0, 0.05) is 10.8 Å².